The molecule has 1 aromatic heterocycles. The number of amides is 1. The first-order valence-electron chi connectivity index (χ1n) is 6.92. The molecule has 0 atom stereocenters. The molecule has 1 heterocycles. The monoisotopic (exact) mass is 304 g/mol. The van der Waals surface area contributed by atoms with Gasteiger partial charge in [0.25, 0.3) is 0 Å². The van der Waals surface area contributed by atoms with Gasteiger partial charge in [0.1, 0.15) is 24.0 Å². The lowest BCUT2D eigenvalue weighted by Crippen LogP contribution is -2.28. The van der Waals surface area contributed by atoms with Gasteiger partial charge in [0.2, 0.25) is 5.91 Å². The summed E-state index contributed by atoms with van der Waals surface area (Å²) < 4.78 is 1.84. The number of hydrogen-bond acceptors (Lipinski definition) is 3. The van der Waals surface area contributed by atoms with E-state index in [1.807, 2.05) is 17.6 Å². The lowest BCUT2D eigenvalue weighted by atomic mass is 10.2. The molecule has 2 rings (SSSR count). The number of fused-ring (bicyclic) bond motifs is 1. The standard InChI is InChI=1S/C15H17ClN4O/c1-2-8-18-14(21)10-20-12-5-3-4-11(9-17)15(12)19-13(20)6-7-16/h3-5H,2,6-8,10H2,1H3,(H,18,21). The van der Waals surface area contributed by atoms with Gasteiger partial charge in [-0.05, 0) is 18.6 Å². The number of aryl methyl sites for hydroxylation is 1. The summed E-state index contributed by atoms with van der Waals surface area (Å²) in [6.45, 7) is 2.85. The first-order chi connectivity index (χ1) is 10.2. The number of nitrogens with one attached hydrogen (secondary N) is 1. The summed E-state index contributed by atoms with van der Waals surface area (Å²) in [7, 11) is 0. The third kappa shape index (κ3) is 3.34. The van der Waals surface area contributed by atoms with Gasteiger partial charge in [0, 0.05) is 18.8 Å². The van der Waals surface area contributed by atoms with Crippen LogP contribution in [-0.4, -0.2) is 27.9 Å². The summed E-state index contributed by atoms with van der Waals surface area (Å²) in [5, 5.41) is 12.0. The molecule has 1 amide bonds. The van der Waals surface area contributed by atoms with Crippen molar-refractivity contribution in [3.63, 3.8) is 0 Å². The molecule has 0 bridgehead atoms. The number of carbonyl (C=O) groups excluding carboxylic acids is 1. The summed E-state index contributed by atoms with van der Waals surface area (Å²) in [5.74, 6) is 1.09. The highest BCUT2D eigenvalue weighted by atomic mass is 35.5. The van der Waals surface area contributed by atoms with Crippen LogP contribution in [-0.2, 0) is 17.8 Å². The van der Waals surface area contributed by atoms with Crippen LogP contribution in [0.3, 0.4) is 0 Å². The van der Waals surface area contributed by atoms with Gasteiger partial charge >= 0.3 is 0 Å². The third-order valence-corrected chi connectivity index (χ3v) is 3.36. The van der Waals surface area contributed by atoms with Gasteiger partial charge in [-0.1, -0.05) is 13.0 Å². The van der Waals surface area contributed by atoms with Crippen LogP contribution in [0.2, 0.25) is 0 Å². The molecular weight excluding hydrogens is 288 g/mol. The predicted octanol–water partition coefficient (Wildman–Crippen LogP) is 2.22. The number of nitrogens with zero attached hydrogens (tertiary/aromatic N) is 3. The molecule has 0 aliphatic rings. The minimum atomic E-state index is -0.0608. The number of benzene rings is 1. The van der Waals surface area contributed by atoms with E-state index in [9.17, 15) is 4.79 Å². The number of para-hydroxylation sites is 1. The SMILES string of the molecule is CCCNC(=O)Cn1c(CCCl)nc2c(C#N)cccc21. The van der Waals surface area contributed by atoms with Crippen molar-refractivity contribution in [1.82, 2.24) is 14.9 Å². The summed E-state index contributed by atoms with van der Waals surface area (Å²) in [6, 6.07) is 7.52. The van der Waals surface area contributed by atoms with E-state index in [-0.39, 0.29) is 12.5 Å². The molecule has 0 radical (unpaired) electrons. The number of rotatable bonds is 6. The molecule has 2 aromatic rings. The average molecular weight is 305 g/mol. The smallest absolute Gasteiger partial charge is 0.240 e. The van der Waals surface area contributed by atoms with Gasteiger partial charge in [0.15, 0.2) is 0 Å². The predicted molar refractivity (Wildman–Crippen MR) is 82.2 cm³/mol. The lowest BCUT2D eigenvalue weighted by molar-refractivity contribution is -0.121. The van der Waals surface area contributed by atoms with Gasteiger partial charge in [-0.2, -0.15) is 5.26 Å². The zero-order chi connectivity index (χ0) is 15.2. The highest BCUT2D eigenvalue weighted by Crippen LogP contribution is 2.20. The highest BCUT2D eigenvalue weighted by Gasteiger charge is 2.15. The quantitative estimate of drug-likeness (QED) is 0.832. The zero-order valence-corrected chi connectivity index (χ0v) is 12.7. The van der Waals surface area contributed by atoms with Crippen LogP contribution < -0.4 is 5.32 Å². The van der Waals surface area contributed by atoms with Crippen molar-refractivity contribution in [2.45, 2.75) is 26.3 Å². The van der Waals surface area contributed by atoms with Crippen LogP contribution in [0.15, 0.2) is 18.2 Å². The molecular formula is C15H17ClN4O. The minimum absolute atomic E-state index is 0.0608. The Hall–Kier alpha value is -2.06. The van der Waals surface area contributed by atoms with E-state index in [1.54, 1.807) is 12.1 Å². The van der Waals surface area contributed by atoms with Crippen molar-refractivity contribution in [2.75, 3.05) is 12.4 Å². The first kappa shape index (κ1) is 15.3. The number of alkyl halides is 1. The number of hydrogen-bond donors (Lipinski definition) is 1. The second kappa shape index (κ2) is 7.09. The Kier molecular flexibility index (Phi) is 5.18. The van der Waals surface area contributed by atoms with Crippen molar-refractivity contribution < 1.29 is 4.79 Å². The topological polar surface area (TPSA) is 70.7 Å². The maximum absolute atomic E-state index is 12.0. The Morgan fingerprint density at radius 3 is 3.00 bits per heavy atom. The fourth-order valence-corrected chi connectivity index (χ4v) is 2.37. The molecule has 0 spiro atoms. The molecule has 0 fully saturated rings. The second-order valence-electron chi connectivity index (χ2n) is 4.69. The Labute approximate surface area is 128 Å². The maximum Gasteiger partial charge on any atom is 0.240 e. The fraction of sp³-hybridized carbons (Fsp3) is 0.400. The van der Waals surface area contributed by atoms with Crippen LogP contribution in [0.4, 0.5) is 0 Å². The first-order valence-corrected chi connectivity index (χ1v) is 7.45. The highest BCUT2D eigenvalue weighted by molar-refractivity contribution is 6.17. The van der Waals surface area contributed by atoms with Crippen molar-refractivity contribution in [1.29, 1.82) is 5.26 Å². The minimum Gasteiger partial charge on any atom is -0.355 e. The summed E-state index contributed by atoms with van der Waals surface area (Å²) in [6.07, 6.45) is 1.45. The number of aromatic nitrogens is 2. The Morgan fingerprint density at radius 2 is 2.33 bits per heavy atom. The molecule has 0 aliphatic heterocycles. The number of imidazole rings is 1. The number of halogens is 1. The van der Waals surface area contributed by atoms with E-state index < -0.39 is 0 Å². The maximum atomic E-state index is 12.0. The normalized spacial score (nSPS) is 10.5. The largest absolute Gasteiger partial charge is 0.355 e. The van der Waals surface area contributed by atoms with E-state index in [2.05, 4.69) is 16.4 Å². The summed E-state index contributed by atoms with van der Waals surface area (Å²) in [4.78, 5) is 16.4. The summed E-state index contributed by atoms with van der Waals surface area (Å²) >= 11 is 5.81. The molecule has 0 aliphatic carbocycles. The molecule has 6 heteroatoms. The Bertz CT molecular complexity index is 687. The Morgan fingerprint density at radius 1 is 1.52 bits per heavy atom. The van der Waals surface area contributed by atoms with E-state index in [0.717, 1.165) is 17.8 Å². The molecule has 110 valence electrons. The second-order valence-corrected chi connectivity index (χ2v) is 5.07. The van der Waals surface area contributed by atoms with E-state index in [0.29, 0.717) is 29.9 Å². The van der Waals surface area contributed by atoms with Gasteiger partial charge in [-0.3, -0.25) is 4.79 Å². The van der Waals surface area contributed by atoms with Crippen LogP contribution in [0, 0.1) is 11.3 Å². The Balaban J connectivity index is 2.42. The van der Waals surface area contributed by atoms with Gasteiger partial charge in [-0.25, -0.2) is 4.98 Å². The molecule has 0 unspecified atom stereocenters. The van der Waals surface area contributed by atoms with Crippen molar-refractivity contribution in [2.24, 2.45) is 0 Å². The van der Waals surface area contributed by atoms with Gasteiger partial charge < -0.3 is 9.88 Å². The molecule has 1 N–H and O–H groups in total. The zero-order valence-electron chi connectivity index (χ0n) is 11.9. The van der Waals surface area contributed by atoms with Crippen molar-refractivity contribution in [3.8, 4) is 6.07 Å². The third-order valence-electron chi connectivity index (χ3n) is 3.17. The fourth-order valence-electron chi connectivity index (χ4n) is 2.20. The van der Waals surface area contributed by atoms with E-state index in [1.165, 1.54) is 0 Å². The van der Waals surface area contributed by atoms with Crippen molar-refractivity contribution in [3.05, 3.63) is 29.6 Å². The van der Waals surface area contributed by atoms with E-state index >= 15 is 0 Å². The molecule has 0 saturated heterocycles. The molecule has 21 heavy (non-hydrogen) atoms. The van der Waals surface area contributed by atoms with Crippen LogP contribution in [0.1, 0.15) is 24.7 Å². The average Bonchev–Trinajstić information content (AvgIpc) is 2.83. The molecule has 1 aromatic carbocycles. The number of carbonyl (C=O) groups is 1. The van der Waals surface area contributed by atoms with Crippen LogP contribution in [0.5, 0.6) is 0 Å². The molecule has 5 nitrogen and oxygen atoms in total. The lowest BCUT2D eigenvalue weighted by Gasteiger charge is -2.09. The number of nitriles is 1. The van der Waals surface area contributed by atoms with Crippen molar-refractivity contribution >= 4 is 28.5 Å². The molecule has 0 saturated carbocycles. The van der Waals surface area contributed by atoms with Crippen LogP contribution >= 0.6 is 11.6 Å². The van der Waals surface area contributed by atoms with Crippen LogP contribution in [0.25, 0.3) is 11.0 Å². The van der Waals surface area contributed by atoms with Gasteiger partial charge in [0.05, 0.1) is 11.1 Å². The van der Waals surface area contributed by atoms with Gasteiger partial charge in [-0.15, -0.1) is 11.6 Å². The summed E-state index contributed by atoms with van der Waals surface area (Å²) in [5.41, 5.74) is 1.93. The van der Waals surface area contributed by atoms with E-state index in [4.69, 9.17) is 16.9 Å².